The van der Waals surface area contributed by atoms with Crippen molar-refractivity contribution < 1.29 is 19.5 Å². The minimum Gasteiger partial charge on any atom is -0.481 e. The molecular formula is C37H48N2O4. The number of carbonyl (C=O) groups is 3. The number of carboxylic acid groups (broad SMARTS) is 1. The highest BCUT2D eigenvalue weighted by molar-refractivity contribution is 5.91. The molecule has 3 aromatic carbocycles. The van der Waals surface area contributed by atoms with Crippen LogP contribution >= 0.6 is 0 Å². The Labute approximate surface area is 257 Å². The Morgan fingerprint density at radius 3 is 2.00 bits per heavy atom. The van der Waals surface area contributed by atoms with Gasteiger partial charge in [-0.05, 0) is 72.8 Å². The largest absolute Gasteiger partial charge is 0.481 e. The van der Waals surface area contributed by atoms with Crippen LogP contribution < -0.4 is 10.6 Å². The number of nitrogens with one attached hydrogen (secondary N) is 2. The third-order valence-corrected chi connectivity index (χ3v) is 8.20. The van der Waals surface area contributed by atoms with E-state index < -0.39 is 29.3 Å². The van der Waals surface area contributed by atoms with Crippen molar-refractivity contribution in [1.82, 2.24) is 10.6 Å². The predicted octanol–water partition coefficient (Wildman–Crippen LogP) is 7.51. The van der Waals surface area contributed by atoms with Crippen molar-refractivity contribution in [2.24, 2.45) is 17.3 Å². The molecular weight excluding hydrogens is 536 g/mol. The van der Waals surface area contributed by atoms with E-state index in [0.717, 1.165) is 11.1 Å². The zero-order valence-corrected chi connectivity index (χ0v) is 26.5. The molecule has 0 saturated carbocycles. The Hall–Kier alpha value is -3.93. The van der Waals surface area contributed by atoms with Gasteiger partial charge < -0.3 is 15.7 Å². The first-order chi connectivity index (χ1) is 20.4. The van der Waals surface area contributed by atoms with Crippen LogP contribution in [0.4, 0.5) is 0 Å². The molecule has 4 atom stereocenters. The van der Waals surface area contributed by atoms with Gasteiger partial charge >= 0.3 is 5.97 Å². The molecule has 3 N–H and O–H groups in total. The van der Waals surface area contributed by atoms with Crippen molar-refractivity contribution in [1.29, 1.82) is 0 Å². The molecule has 6 heteroatoms. The van der Waals surface area contributed by atoms with Gasteiger partial charge in [0, 0.05) is 0 Å². The number of benzene rings is 3. The highest BCUT2D eigenvalue weighted by Crippen LogP contribution is 2.31. The molecule has 0 aliphatic carbocycles. The standard InChI is InChI=1S/C37H48N2O4/c1-7-16-31(36(42)43)30(24-15-23-29-22-14-17-25(2)32(29)28-20-12-9-13-21-28)34(40)39-33(37(4,5)6)35(41)38-26(3)27-18-10-8-11-19-27/h8-14,17-22,26,30-31,33H,7,15-16,23-24H2,1-6H3,(H,38,41)(H,39,40)(H,42,43)/t26-,30-,31+,33-/m1/s1. The van der Waals surface area contributed by atoms with Crippen molar-refractivity contribution in [3.63, 3.8) is 0 Å². The van der Waals surface area contributed by atoms with E-state index in [1.165, 1.54) is 16.7 Å². The highest BCUT2D eigenvalue weighted by atomic mass is 16.4. The quantitative estimate of drug-likeness (QED) is 0.183. The number of carbonyl (C=O) groups excluding carboxylic acids is 2. The highest BCUT2D eigenvalue weighted by Gasteiger charge is 2.38. The molecule has 6 nitrogen and oxygen atoms in total. The monoisotopic (exact) mass is 584 g/mol. The van der Waals surface area contributed by atoms with Crippen LogP contribution in [0.3, 0.4) is 0 Å². The molecule has 2 amide bonds. The number of amides is 2. The van der Waals surface area contributed by atoms with Gasteiger partial charge in [-0.15, -0.1) is 0 Å². The van der Waals surface area contributed by atoms with Gasteiger partial charge in [0.25, 0.3) is 0 Å². The Morgan fingerprint density at radius 2 is 1.42 bits per heavy atom. The minimum absolute atomic E-state index is 0.244. The molecule has 0 saturated heterocycles. The fraction of sp³-hybridized carbons (Fsp3) is 0.432. The van der Waals surface area contributed by atoms with Crippen LogP contribution in [-0.2, 0) is 20.8 Å². The first kappa shape index (κ1) is 33.6. The van der Waals surface area contributed by atoms with Gasteiger partial charge in [0.15, 0.2) is 0 Å². The number of aliphatic carboxylic acids is 1. The van der Waals surface area contributed by atoms with Crippen molar-refractivity contribution >= 4 is 17.8 Å². The summed E-state index contributed by atoms with van der Waals surface area (Å²) < 4.78 is 0. The van der Waals surface area contributed by atoms with Gasteiger partial charge in [0.2, 0.25) is 11.8 Å². The van der Waals surface area contributed by atoms with Crippen LogP contribution in [0.2, 0.25) is 0 Å². The normalized spacial score (nSPS) is 14.3. The molecule has 230 valence electrons. The summed E-state index contributed by atoms with van der Waals surface area (Å²) in [6, 6.07) is 25.1. The van der Waals surface area contributed by atoms with Crippen LogP contribution in [-0.4, -0.2) is 28.9 Å². The zero-order chi connectivity index (χ0) is 31.6. The lowest BCUT2D eigenvalue weighted by Gasteiger charge is -2.33. The van der Waals surface area contributed by atoms with E-state index in [1.807, 2.05) is 89.2 Å². The second-order valence-corrected chi connectivity index (χ2v) is 12.7. The maximum atomic E-state index is 13.9. The lowest BCUT2D eigenvalue weighted by Crippen LogP contribution is -2.56. The first-order valence-electron chi connectivity index (χ1n) is 15.5. The van der Waals surface area contributed by atoms with Crippen molar-refractivity contribution in [2.45, 2.75) is 85.7 Å². The molecule has 0 aliphatic heterocycles. The number of hydrogen-bond acceptors (Lipinski definition) is 3. The summed E-state index contributed by atoms with van der Waals surface area (Å²) in [5.41, 5.74) is 5.06. The molecule has 0 spiro atoms. The Bertz CT molecular complexity index is 1350. The van der Waals surface area contributed by atoms with Gasteiger partial charge in [0.1, 0.15) is 6.04 Å². The van der Waals surface area contributed by atoms with E-state index in [2.05, 4.69) is 41.8 Å². The Balaban J connectivity index is 1.81. The van der Waals surface area contributed by atoms with Crippen LogP contribution in [0.15, 0.2) is 78.9 Å². The summed E-state index contributed by atoms with van der Waals surface area (Å²) in [7, 11) is 0. The summed E-state index contributed by atoms with van der Waals surface area (Å²) in [4.78, 5) is 39.8. The van der Waals surface area contributed by atoms with Gasteiger partial charge in [-0.25, -0.2) is 0 Å². The average Bonchev–Trinajstić information content (AvgIpc) is 2.97. The predicted molar refractivity (Wildman–Crippen MR) is 173 cm³/mol. The van der Waals surface area contributed by atoms with E-state index >= 15 is 0 Å². The molecule has 3 aromatic rings. The average molecular weight is 585 g/mol. The number of carboxylic acids is 1. The lowest BCUT2D eigenvalue weighted by atomic mass is 9.81. The van der Waals surface area contributed by atoms with E-state index in [4.69, 9.17) is 0 Å². The fourth-order valence-corrected chi connectivity index (χ4v) is 5.84. The summed E-state index contributed by atoms with van der Waals surface area (Å²) in [5.74, 6) is -3.23. The molecule has 0 fully saturated rings. The molecule has 0 bridgehead atoms. The van der Waals surface area contributed by atoms with Crippen LogP contribution in [0.1, 0.15) is 83.0 Å². The molecule has 43 heavy (non-hydrogen) atoms. The maximum Gasteiger partial charge on any atom is 0.307 e. The van der Waals surface area contributed by atoms with Crippen LogP contribution in [0.5, 0.6) is 0 Å². The third-order valence-electron chi connectivity index (χ3n) is 8.20. The fourth-order valence-electron chi connectivity index (χ4n) is 5.84. The molecule has 0 aromatic heterocycles. The molecule has 0 unspecified atom stereocenters. The second-order valence-electron chi connectivity index (χ2n) is 12.7. The molecule has 0 aliphatic rings. The lowest BCUT2D eigenvalue weighted by molar-refractivity contribution is -0.148. The van der Waals surface area contributed by atoms with Gasteiger partial charge in [-0.1, -0.05) is 113 Å². The van der Waals surface area contributed by atoms with E-state index in [-0.39, 0.29) is 17.9 Å². The summed E-state index contributed by atoms with van der Waals surface area (Å²) in [6.45, 7) is 11.7. The number of aryl methyl sites for hydroxylation is 2. The SMILES string of the molecule is CCC[C@H](C(=O)O)[C@@H](CCCc1cccc(C)c1-c1ccccc1)C(=O)N[C@H](C(=O)N[C@H](C)c1ccccc1)C(C)(C)C. The molecule has 3 rings (SSSR count). The van der Waals surface area contributed by atoms with Crippen LogP contribution in [0.25, 0.3) is 11.1 Å². The Morgan fingerprint density at radius 1 is 0.791 bits per heavy atom. The smallest absolute Gasteiger partial charge is 0.307 e. The van der Waals surface area contributed by atoms with Crippen LogP contribution in [0, 0.1) is 24.2 Å². The van der Waals surface area contributed by atoms with E-state index in [0.29, 0.717) is 32.1 Å². The topological polar surface area (TPSA) is 95.5 Å². The number of rotatable bonds is 14. The Kier molecular flexibility index (Phi) is 12.1. The van der Waals surface area contributed by atoms with E-state index in [9.17, 15) is 19.5 Å². The van der Waals surface area contributed by atoms with Crippen molar-refractivity contribution in [3.8, 4) is 11.1 Å². The van der Waals surface area contributed by atoms with Crippen molar-refractivity contribution in [2.75, 3.05) is 0 Å². The van der Waals surface area contributed by atoms with Gasteiger partial charge in [0.05, 0.1) is 17.9 Å². The first-order valence-corrected chi connectivity index (χ1v) is 15.5. The minimum atomic E-state index is -0.975. The molecule has 0 radical (unpaired) electrons. The second kappa shape index (κ2) is 15.5. The van der Waals surface area contributed by atoms with Crippen molar-refractivity contribution in [3.05, 3.63) is 95.6 Å². The number of hydrogen-bond donors (Lipinski definition) is 3. The van der Waals surface area contributed by atoms with E-state index in [1.54, 1.807) is 0 Å². The summed E-state index contributed by atoms with van der Waals surface area (Å²) in [5, 5.41) is 16.2. The third kappa shape index (κ3) is 9.28. The summed E-state index contributed by atoms with van der Waals surface area (Å²) >= 11 is 0. The van der Waals surface area contributed by atoms with Gasteiger partial charge in [-0.3, -0.25) is 14.4 Å². The zero-order valence-electron chi connectivity index (χ0n) is 26.5. The maximum absolute atomic E-state index is 13.9. The van der Waals surface area contributed by atoms with Gasteiger partial charge in [-0.2, -0.15) is 0 Å². The summed E-state index contributed by atoms with van der Waals surface area (Å²) in [6.07, 6.45) is 2.81. The molecule has 0 heterocycles.